The van der Waals surface area contributed by atoms with Gasteiger partial charge in [-0.05, 0) is 122 Å². The highest BCUT2D eigenvalue weighted by Crippen LogP contribution is 2.32. The third-order valence-electron chi connectivity index (χ3n) is 5.88. The van der Waals surface area contributed by atoms with Crippen molar-refractivity contribution in [2.75, 3.05) is 17.3 Å². The second kappa shape index (κ2) is 12.3. The second-order valence-corrected chi connectivity index (χ2v) is 12.7. The zero-order chi connectivity index (χ0) is 29.2. The van der Waals surface area contributed by atoms with E-state index in [1.54, 1.807) is 46.9 Å². The molecule has 210 valence electrons. The van der Waals surface area contributed by atoms with Crippen molar-refractivity contribution >= 4 is 79.8 Å². The van der Waals surface area contributed by atoms with E-state index in [1.165, 1.54) is 4.90 Å². The third kappa shape index (κ3) is 7.13. The van der Waals surface area contributed by atoms with Crippen LogP contribution in [0, 0.1) is 14.1 Å². The molecule has 1 aromatic heterocycles. The molecule has 0 spiro atoms. The Hall–Kier alpha value is -2.62. The minimum absolute atomic E-state index is 0.101. The minimum atomic E-state index is -1.14. The summed E-state index contributed by atoms with van der Waals surface area (Å²) in [5.41, 5.74) is 0.598. The van der Waals surface area contributed by atoms with E-state index in [4.69, 9.17) is 9.15 Å². The molecule has 3 N–H and O–H groups in total. The fourth-order valence-electron chi connectivity index (χ4n) is 4.27. The molecule has 3 aromatic rings. The summed E-state index contributed by atoms with van der Waals surface area (Å²) in [5, 5.41) is 15.9. The van der Waals surface area contributed by atoms with Gasteiger partial charge in [0.1, 0.15) is 11.8 Å². The van der Waals surface area contributed by atoms with Gasteiger partial charge in [0.05, 0.1) is 30.8 Å². The summed E-state index contributed by atoms with van der Waals surface area (Å²) in [6.45, 7) is 10.7. The molecule has 0 aliphatic carbocycles. The topological polar surface area (TPSA) is 134 Å². The Morgan fingerprint density at radius 2 is 1.79 bits per heavy atom. The average molecular weight is 762 g/mol. The number of amides is 2. The van der Waals surface area contributed by atoms with Gasteiger partial charge in [-0.2, -0.15) is 4.98 Å². The summed E-state index contributed by atoms with van der Waals surface area (Å²) in [4.78, 5) is 43.9. The molecule has 1 heterocycles. The molecule has 10 nitrogen and oxygen atoms in total. The molecule has 0 aliphatic heterocycles. The fourth-order valence-corrected chi connectivity index (χ4v) is 6.61. The van der Waals surface area contributed by atoms with E-state index in [0.29, 0.717) is 23.2 Å². The highest BCUT2D eigenvalue weighted by atomic mass is 127. The first-order chi connectivity index (χ1) is 18.1. The number of carbonyl (C=O) groups excluding carboxylic acids is 1. The van der Waals surface area contributed by atoms with E-state index in [0.717, 1.165) is 18.5 Å². The highest BCUT2D eigenvalue weighted by Gasteiger charge is 2.30. The Bertz CT molecular complexity index is 1440. The normalized spacial score (nSPS) is 12.4. The van der Waals surface area contributed by atoms with E-state index >= 15 is 0 Å². The number of aromatic nitrogens is 1. The molecular weight excluding hydrogens is 730 g/mol. The Morgan fingerprint density at radius 1 is 1.18 bits per heavy atom. The van der Waals surface area contributed by atoms with E-state index in [9.17, 15) is 19.5 Å². The zero-order valence-corrected chi connectivity index (χ0v) is 27.1. The van der Waals surface area contributed by atoms with Gasteiger partial charge in [-0.3, -0.25) is 9.69 Å². The molecule has 12 heteroatoms. The van der Waals surface area contributed by atoms with Gasteiger partial charge in [0.15, 0.2) is 0 Å². The van der Waals surface area contributed by atoms with Gasteiger partial charge in [-0.15, -0.1) is 0 Å². The summed E-state index contributed by atoms with van der Waals surface area (Å²) in [5.74, 6) is 0.491. The molecule has 3 rings (SSSR count). The predicted octanol–water partition coefficient (Wildman–Crippen LogP) is 5.54. The second-order valence-electron chi connectivity index (χ2n) is 10.4. The number of methoxy groups -OCH3 is 1. The first-order valence-electron chi connectivity index (χ1n) is 12.2. The number of nitrogens with one attached hydrogen (secondary N) is 2. The lowest BCUT2D eigenvalue weighted by molar-refractivity contribution is -0.122. The lowest BCUT2D eigenvalue weighted by Gasteiger charge is -2.34. The Balaban J connectivity index is 2.03. The minimum Gasteiger partial charge on any atom is -0.495 e. The van der Waals surface area contributed by atoms with Crippen molar-refractivity contribution in [1.82, 2.24) is 10.3 Å². The largest absolute Gasteiger partial charge is 0.495 e. The third-order valence-corrected chi connectivity index (χ3v) is 7.48. The molecule has 2 aromatic carbocycles. The molecular formula is C27H32I2N4O6. The lowest BCUT2D eigenvalue weighted by atomic mass is 10.0. The number of halogens is 2. The van der Waals surface area contributed by atoms with Crippen molar-refractivity contribution in [3.63, 3.8) is 0 Å². The Kier molecular flexibility index (Phi) is 9.73. The average Bonchev–Trinajstić information content (AvgIpc) is 2.78. The van der Waals surface area contributed by atoms with Gasteiger partial charge in [-0.1, -0.05) is 0 Å². The molecule has 0 saturated heterocycles. The van der Waals surface area contributed by atoms with Gasteiger partial charge in [0, 0.05) is 18.0 Å². The van der Waals surface area contributed by atoms with Crippen molar-refractivity contribution in [3.8, 4) is 5.75 Å². The molecule has 1 atom stereocenters. The van der Waals surface area contributed by atoms with Crippen LogP contribution < -0.4 is 25.9 Å². The van der Waals surface area contributed by atoms with Gasteiger partial charge >= 0.3 is 11.7 Å². The van der Waals surface area contributed by atoms with E-state index in [1.807, 2.05) is 26.0 Å². The SMILES string of the molecule is COc1c(I)cc(C[C@H](Nc2nc3ccc(N(C(=O)O)C(C)(C)C)c(C)c3c(=O)o2)C(=O)NC(C)C)cc1I. The van der Waals surface area contributed by atoms with Gasteiger partial charge in [-0.25, -0.2) is 9.59 Å². The van der Waals surface area contributed by atoms with Gasteiger partial charge < -0.3 is 24.9 Å². The molecule has 0 bridgehead atoms. The fraction of sp³-hybridized carbons (Fsp3) is 0.407. The van der Waals surface area contributed by atoms with Crippen LogP contribution in [0.2, 0.25) is 0 Å². The zero-order valence-electron chi connectivity index (χ0n) is 22.8. The van der Waals surface area contributed by atoms with Crippen LogP contribution in [0.5, 0.6) is 5.75 Å². The number of carbonyl (C=O) groups is 2. The number of fused-ring (bicyclic) bond motifs is 1. The number of carboxylic acid groups (broad SMARTS) is 1. The summed E-state index contributed by atoms with van der Waals surface area (Å²) in [6.07, 6.45) is -0.836. The maximum Gasteiger partial charge on any atom is 0.412 e. The number of benzene rings is 2. The molecule has 0 radical (unpaired) electrons. The van der Waals surface area contributed by atoms with Crippen LogP contribution in [-0.2, 0) is 11.2 Å². The quantitative estimate of drug-likeness (QED) is 0.255. The van der Waals surface area contributed by atoms with Crippen molar-refractivity contribution in [1.29, 1.82) is 0 Å². The smallest absolute Gasteiger partial charge is 0.412 e. The summed E-state index contributed by atoms with van der Waals surface area (Å²) >= 11 is 4.38. The first-order valence-corrected chi connectivity index (χ1v) is 14.4. The van der Waals surface area contributed by atoms with Crippen LogP contribution >= 0.6 is 45.2 Å². The Labute approximate surface area is 254 Å². The van der Waals surface area contributed by atoms with Crippen LogP contribution in [0.4, 0.5) is 16.5 Å². The number of rotatable bonds is 8. The van der Waals surface area contributed by atoms with Crippen LogP contribution in [0.15, 0.2) is 33.5 Å². The molecule has 0 saturated carbocycles. The van der Waals surface area contributed by atoms with Crippen LogP contribution in [-0.4, -0.2) is 46.8 Å². The van der Waals surface area contributed by atoms with Gasteiger partial charge in [0.2, 0.25) is 5.91 Å². The van der Waals surface area contributed by atoms with Crippen molar-refractivity contribution < 1.29 is 23.8 Å². The first kappa shape index (κ1) is 30.9. The number of anilines is 2. The molecule has 39 heavy (non-hydrogen) atoms. The maximum atomic E-state index is 13.1. The molecule has 0 unspecified atom stereocenters. The number of ether oxygens (including phenoxy) is 1. The summed E-state index contributed by atoms with van der Waals surface area (Å²) < 4.78 is 12.8. The maximum absolute atomic E-state index is 13.1. The summed E-state index contributed by atoms with van der Waals surface area (Å²) in [7, 11) is 1.61. The molecule has 2 amide bonds. The standard InChI is InChI=1S/C27H32I2N4O6/c1-13(2)30-23(34)19(12-15-10-16(28)22(38-7)17(29)11-15)32-25-31-18-8-9-20(14(3)21(18)24(35)39-25)33(26(36)37)27(4,5)6/h8-11,13,19H,12H2,1-7H3,(H,30,34)(H,31,32)(H,36,37)/t19-/m0/s1. The molecule has 0 aliphatic rings. The number of nitrogens with zero attached hydrogens (tertiary/aromatic N) is 2. The lowest BCUT2D eigenvalue weighted by Crippen LogP contribution is -2.45. The van der Waals surface area contributed by atoms with Crippen molar-refractivity contribution in [3.05, 3.63) is 53.0 Å². The monoisotopic (exact) mass is 762 g/mol. The van der Waals surface area contributed by atoms with Crippen LogP contribution in [0.1, 0.15) is 45.7 Å². The van der Waals surface area contributed by atoms with E-state index in [-0.39, 0.29) is 23.3 Å². The van der Waals surface area contributed by atoms with Crippen molar-refractivity contribution in [2.24, 2.45) is 0 Å². The van der Waals surface area contributed by atoms with E-state index in [2.05, 4.69) is 60.8 Å². The number of aryl methyl sites for hydroxylation is 1. The molecule has 0 fully saturated rings. The van der Waals surface area contributed by atoms with Crippen LogP contribution in [0.25, 0.3) is 10.9 Å². The summed E-state index contributed by atoms with van der Waals surface area (Å²) in [6, 6.07) is 6.09. The van der Waals surface area contributed by atoms with Gasteiger partial charge in [0.25, 0.3) is 6.01 Å². The highest BCUT2D eigenvalue weighted by molar-refractivity contribution is 14.1. The predicted molar refractivity (Wildman–Crippen MR) is 168 cm³/mol. The number of hydrogen-bond acceptors (Lipinski definition) is 7. The van der Waals surface area contributed by atoms with Crippen LogP contribution in [0.3, 0.4) is 0 Å². The Morgan fingerprint density at radius 3 is 2.31 bits per heavy atom. The number of hydrogen-bond donors (Lipinski definition) is 3. The van der Waals surface area contributed by atoms with Crippen molar-refractivity contribution in [2.45, 2.75) is 65.6 Å². The van der Waals surface area contributed by atoms with E-state index < -0.39 is 23.3 Å².